The zero-order valence-corrected chi connectivity index (χ0v) is 15.0. The van der Waals surface area contributed by atoms with Crippen LogP contribution in [0.5, 0.6) is 17.2 Å². The molecule has 0 fully saturated rings. The van der Waals surface area contributed by atoms with Gasteiger partial charge in [0.25, 0.3) is 5.91 Å². The van der Waals surface area contributed by atoms with Crippen molar-refractivity contribution in [3.63, 3.8) is 0 Å². The number of nitrogens with zero attached hydrogens (tertiary/aromatic N) is 1. The Balaban J connectivity index is 1.88. The number of rotatable bonds is 8. The number of phenols is 1. The van der Waals surface area contributed by atoms with E-state index < -0.39 is 6.04 Å². The maximum Gasteiger partial charge on any atom is 0.262 e. The normalized spacial score (nSPS) is 11.8. The van der Waals surface area contributed by atoms with Gasteiger partial charge in [0.05, 0.1) is 19.9 Å². The molecule has 26 heavy (non-hydrogen) atoms. The predicted octanol–water partition coefficient (Wildman–Crippen LogP) is 2.75. The van der Waals surface area contributed by atoms with E-state index in [9.17, 15) is 9.90 Å². The molecule has 0 bridgehead atoms. The molecular weight excluding hydrogens is 334 g/mol. The third-order valence-corrected chi connectivity index (χ3v) is 3.53. The Labute approximate surface area is 152 Å². The highest BCUT2D eigenvalue weighted by atomic mass is 16.5. The first-order valence-electron chi connectivity index (χ1n) is 8.22. The largest absolute Gasteiger partial charge is 0.504 e. The van der Waals surface area contributed by atoms with Crippen LogP contribution >= 0.6 is 0 Å². The molecule has 0 heterocycles. The van der Waals surface area contributed by atoms with E-state index in [1.165, 1.54) is 19.4 Å². The molecule has 7 nitrogen and oxygen atoms in total. The minimum absolute atomic E-state index is 0.0434. The summed E-state index contributed by atoms with van der Waals surface area (Å²) in [5.74, 6) is 0.887. The van der Waals surface area contributed by atoms with Gasteiger partial charge in [-0.2, -0.15) is 5.10 Å². The Morgan fingerprint density at radius 1 is 1.27 bits per heavy atom. The van der Waals surface area contributed by atoms with Crippen LogP contribution < -0.4 is 20.2 Å². The molecule has 0 saturated carbocycles. The molecule has 0 spiro atoms. The number of aromatic hydroxyl groups is 1. The fourth-order valence-electron chi connectivity index (χ4n) is 2.17. The van der Waals surface area contributed by atoms with Gasteiger partial charge in [-0.1, -0.05) is 0 Å². The van der Waals surface area contributed by atoms with Crippen molar-refractivity contribution in [3.8, 4) is 17.2 Å². The highest BCUT2D eigenvalue weighted by Crippen LogP contribution is 2.25. The van der Waals surface area contributed by atoms with Crippen LogP contribution in [0.3, 0.4) is 0 Å². The number of phenolic OH excluding ortho intramolecular Hbond substituents is 1. The van der Waals surface area contributed by atoms with Gasteiger partial charge >= 0.3 is 0 Å². The second kappa shape index (κ2) is 9.31. The third kappa shape index (κ3) is 5.41. The van der Waals surface area contributed by atoms with Crippen molar-refractivity contribution in [3.05, 3.63) is 48.0 Å². The smallest absolute Gasteiger partial charge is 0.262 e. The molecule has 7 heteroatoms. The van der Waals surface area contributed by atoms with Crippen molar-refractivity contribution in [2.75, 3.05) is 19.0 Å². The number of nitrogens with one attached hydrogen (secondary N) is 2. The number of amides is 1. The zero-order chi connectivity index (χ0) is 18.9. The topological polar surface area (TPSA) is 92.2 Å². The van der Waals surface area contributed by atoms with Crippen molar-refractivity contribution >= 4 is 17.8 Å². The first-order chi connectivity index (χ1) is 12.5. The van der Waals surface area contributed by atoms with Gasteiger partial charge in [-0.15, -0.1) is 0 Å². The maximum atomic E-state index is 12.1. The first-order valence-corrected chi connectivity index (χ1v) is 8.22. The third-order valence-electron chi connectivity index (χ3n) is 3.53. The van der Waals surface area contributed by atoms with Gasteiger partial charge in [-0.05, 0) is 61.9 Å². The summed E-state index contributed by atoms with van der Waals surface area (Å²) in [6.45, 7) is 4.27. The van der Waals surface area contributed by atoms with Crippen molar-refractivity contribution < 1.29 is 19.4 Å². The number of anilines is 1. The molecule has 0 aliphatic carbocycles. The number of benzene rings is 2. The summed E-state index contributed by atoms with van der Waals surface area (Å²) >= 11 is 0. The lowest BCUT2D eigenvalue weighted by atomic mass is 10.2. The fraction of sp³-hybridized carbons (Fsp3) is 0.263. The predicted molar refractivity (Wildman–Crippen MR) is 101 cm³/mol. The average Bonchev–Trinajstić information content (AvgIpc) is 2.64. The monoisotopic (exact) mass is 357 g/mol. The van der Waals surface area contributed by atoms with E-state index >= 15 is 0 Å². The molecule has 0 aromatic heterocycles. The average molecular weight is 357 g/mol. The van der Waals surface area contributed by atoms with Crippen molar-refractivity contribution in [2.45, 2.75) is 19.9 Å². The molecule has 0 unspecified atom stereocenters. The molecule has 3 N–H and O–H groups in total. The van der Waals surface area contributed by atoms with E-state index in [0.29, 0.717) is 17.9 Å². The van der Waals surface area contributed by atoms with Crippen molar-refractivity contribution in [2.24, 2.45) is 5.10 Å². The molecular formula is C19H23N3O4. The van der Waals surface area contributed by atoms with Gasteiger partial charge in [0.15, 0.2) is 11.5 Å². The minimum Gasteiger partial charge on any atom is -0.504 e. The summed E-state index contributed by atoms with van der Waals surface area (Å²) < 4.78 is 10.4. The van der Waals surface area contributed by atoms with Crippen LogP contribution in [0.25, 0.3) is 0 Å². The summed E-state index contributed by atoms with van der Waals surface area (Å²) in [7, 11) is 1.46. The Kier molecular flexibility index (Phi) is 6.84. The lowest BCUT2D eigenvalue weighted by Gasteiger charge is -2.14. The van der Waals surface area contributed by atoms with Crippen molar-refractivity contribution in [1.29, 1.82) is 0 Å². The molecule has 0 radical (unpaired) electrons. The van der Waals surface area contributed by atoms with Crippen molar-refractivity contribution in [1.82, 2.24) is 5.43 Å². The molecule has 2 aromatic rings. The Bertz CT molecular complexity index is 760. The van der Waals surface area contributed by atoms with E-state index in [1.54, 1.807) is 19.1 Å². The van der Waals surface area contributed by atoms with Crippen LogP contribution in [-0.4, -0.2) is 37.0 Å². The van der Waals surface area contributed by atoms with Crippen LogP contribution in [0.15, 0.2) is 47.6 Å². The second-order valence-electron chi connectivity index (χ2n) is 5.49. The molecule has 138 valence electrons. The van der Waals surface area contributed by atoms with Gasteiger partial charge in [-0.3, -0.25) is 4.79 Å². The minimum atomic E-state index is -0.473. The molecule has 1 amide bonds. The number of carbonyl (C=O) groups excluding carboxylic acids is 1. The summed E-state index contributed by atoms with van der Waals surface area (Å²) in [6.07, 6.45) is 1.48. The zero-order valence-electron chi connectivity index (χ0n) is 15.0. The number of hydrogen-bond acceptors (Lipinski definition) is 6. The highest BCUT2D eigenvalue weighted by Gasteiger charge is 2.11. The van der Waals surface area contributed by atoms with Gasteiger partial charge < -0.3 is 19.9 Å². The summed E-state index contributed by atoms with van der Waals surface area (Å²) in [6, 6.07) is 11.7. The SMILES string of the molecule is CCOc1ccc(N[C@H](C)C(=O)NN=Cc2ccc(O)c(OC)c2)cc1. The van der Waals surface area contributed by atoms with Crippen LogP contribution in [0.1, 0.15) is 19.4 Å². The first kappa shape index (κ1) is 19.1. The van der Waals surface area contributed by atoms with Gasteiger partial charge in [0.1, 0.15) is 11.8 Å². The number of hydrazone groups is 1. The summed E-state index contributed by atoms with van der Waals surface area (Å²) in [5, 5.41) is 16.6. The number of carbonyl (C=O) groups is 1. The second-order valence-corrected chi connectivity index (χ2v) is 5.49. The van der Waals surface area contributed by atoms with Crippen LogP contribution in [-0.2, 0) is 4.79 Å². The van der Waals surface area contributed by atoms with E-state index in [0.717, 1.165) is 11.4 Å². The Morgan fingerprint density at radius 2 is 2.00 bits per heavy atom. The summed E-state index contributed by atoms with van der Waals surface area (Å²) in [4.78, 5) is 12.1. The van der Waals surface area contributed by atoms with Crippen LogP contribution in [0, 0.1) is 0 Å². The molecule has 0 aliphatic heterocycles. The maximum absolute atomic E-state index is 12.1. The molecule has 2 rings (SSSR count). The number of methoxy groups -OCH3 is 1. The Hall–Kier alpha value is -3.22. The van der Waals surface area contributed by atoms with Crippen LogP contribution in [0.2, 0.25) is 0 Å². The summed E-state index contributed by atoms with van der Waals surface area (Å²) in [5.41, 5.74) is 3.97. The molecule has 0 saturated heterocycles. The fourth-order valence-corrected chi connectivity index (χ4v) is 2.17. The van der Waals surface area contributed by atoms with E-state index in [-0.39, 0.29) is 11.7 Å². The molecule has 2 aromatic carbocycles. The van der Waals surface area contributed by atoms with E-state index in [4.69, 9.17) is 9.47 Å². The standard InChI is InChI=1S/C19H23N3O4/c1-4-26-16-8-6-15(7-9-16)21-13(2)19(24)22-20-12-14-5-10-17(23)18(11-14)25-3/h5-13,21,23H,4H2,1-3H3,(H,22,24)/t13-/m1/s1. The highest BCUT2D eigenvalue weighted by molar-refractivity contribution is 5.86. The molecule has 1 atom stereocenters. The lowest BCUT2D eigenvalue weighted by molar-refractivity contribution is -0.121. The van der Waals surface area contributed by atoms with Gasteiger partial charge in [0, 0.05) is 5.69 Å². The quantitative estimate of drug-likeness (QED) is 0.499. The lowest BCUT2D eigenvalue weighted by Crippen LogP contribution is -2.34. The van der Waals surface area contributed by atoms with Gasteiger partial charge in [-0.25, -0.2) is 5.43 Å². The van der Waals surface area contributed by atoms with Crippen LogP contribution in [0.4, 0.5) is 5.69 Å². The van der Waals surface area contributed by atoms with Gasteiger partial charge in [0.2, 0.25) is 0 Å². The Morgan fingerprint density at radius 3 is 2.65 bits per heavy atom. The van der Waals surface area contributed by atoms with E-state index in [2.05, 4.69) is 15.8 Å². The van der Waals surface area contributed by atoms with E-state index in [1.807, 2.05) is 31.2 Å². The molecule has 0 aliphatic rings. The number of hydrogen-bond donors (Lipinski definition) is 3. The number of ether oxygens (including phenoxy) is 2.